The number of hydrogen-bond donors (Lipinski definition) is 1. The fourth-order valence-electron chi connectivity index (χ4n) is 2.19. The van der Waals surface area contributed by atoms with Crippen LogP contribution in [0.4, 0.5) is 4.39 Å². The molecule has 0 amide bonds. The quantitative estimate of drug-likeness (QED) is 0.771. The number of fused-ring (bicyclic) bond motifs is 1. The van der Waals surface area contributed by atoms with Crippen LogP contribution in [-0.4, -0.2) is 12.1 Å². The average Bonchev–Trinajstić information content (AvgIpc) is 2.14. The van der Waals surface area contributed by atoms with Crippen molar-refractivity contribution in [2.75, 3.05) is 6.54 Å². The van der Waals surface area contributed by atoms with Crippen LogP contribution < -0.4 is 10.5 Å². The van der Waals surface area contributed by atoms with Crippen molar-refractivity contribution in [2.24, 2.45) is 5.73 Å². The third kappa shape index (κ3) is 1.97. The highest BCUT2D eigenvalue weighted by atomic mass is 19.1. The van der Waals surface area contributed by atoms with Crippen LogP contribution in [0.5, 0.6) is 5.75 Å². The highest BCUT2D eigenvalue weighted by Gasteiger charge is 2.32. The highest BCUT2D eigenvalue weighted by molar-refractivity contribution is 5.39. The largest absolute Gasteiger partial charge is 0.487 e. The van der Waals surface area contributed by atoms with Gasteiger partial charge in [0.15, 0.2) is 0 Å². The van der Waals surface area contributed by atoms with Gasteiger partial charge >= 0.3 is 0 Å². The molecule has 1 heterocycles. The summed E-state index contributed by atoms with van der Waals surface area (Å²) in [7, 11) is 0. The number of hydrogen-bond acceptors (Lipinski definition) is 2. The van der Waals surface area contributed by atoms with Crippen molar-refractivity contribution < 1.29 is 9.13 Å². The van der Waals surface area contributed by atoms with Crippen LogP contribution in [0.2, 0.25) is 0 Å². The summed E-state index contributed by atoms with van der Waals surface area (Å²) in [6, 6.07) is 4.68. The number of halogens is 1. The number of benzene rings is 1. The van der Waals surface area contributed by atoms with Crippen molar-refractivity contribution in [3.8, 4) is 5.75 Å². The molecule has 2 nitrogen and oxygen atoms in total. The Morgan fingerprint density at radius 1 is 1.53 bits per heavy atom. The van der Waals surface area contributed by atoms with Gasteiger partial charge in [-0.05, 0) is 38.4 Å². The van der Waals surface area contributed by atoms with Crippen molar-refractivity contribution in [1.29, 1.82) is 0 Å². The number of nitrogens with two attached hydrogens (primary N) is 1. The zero-order valence-electron chi connectivity index (χ0n) is 9.09. The van der Waals surface area contributed by atoms with Gasteiger partial charge in [-0.3, -0.25) is 0 Å². The summed E-state index contributed by atoms with van der Waals surface area (Å²) in [4.78, 5) is 0. The van der Waals surface area contributed by atoms with E-state index in [4.69, 9.17) is 10.5 Å². The minimum Gasteiger partial charge on any atom is -0.487 e. The van der Waals surface area contributed by atoms with Gasteiger partial charge < -0.3 is 10.5 Å². The molecular weight excluding hydrogens is 193 g/mol. The van der Waals surface area contributed by atoms with E-state index in [0.717, 1.165) is 12.0 Å². The van der Waals surface area contributed by atoms with E-state index >= 15 is 0 Å². The SMILES string of the molecule is CC1(C)CC(CN)c2ccc(F)cc2O1. The van der Waals surface area contributed by atoms with Crippen molar-refractivity contribution in [3.63, 3.8) is 0 Å². The van der Waals surface area contributed by atoms with E-state index in [1.54, 1.807) is 6.07 Å². The summed E-state index contributed by atoms with van der Waals surface area (Å²) in [5.41, 5.74) is 6.49. The molecule has 0 aliphatic carbocycles. The van der Waals surface area contributed by atoms with Gasteiger partial charge in [0, 0.05) is 12.0 Å². The Hall–Kier alpha value is -1.09. The van der Waals surface area contributed by atoms with Gasteiger partial charge in [-0.25, -0.2) is 4.39 Å². The van der Waals surface area contributed by atoms with Gasteiger partial charge in [-0.2, -0.15) is 0 Å². The third-order valence-corrected chi connectivity index (χ3v) is 2.82. The number of rotatable bonds is 1. The van der Waals surface area contributed by atoms with Crippen LogP contribution in [0, 0.1) is 5.82 Å². The van der Waals surface area contributed by atoms with Gasteiger partial charge in [0.05, 0.1) is 0 Å². The molecule has 3 heteroatoms. The van der Waals surface area contributed by atoms with Crippen LogP contribution in [-0.2, 0) is 0 Å². The Morgan fingerprint density at radius 3 is 2.93 bits per heavy atom. The molecule has 0 saturated carbocycles. The van der Waals surface area contributed by atoms with E-state index in [1.807, 2.05) is 13.8 Å². The molecule has 0 aromatic heterocycles. The molecule has 0 radical (unpaired) electrons. The minimum atomic E-state index is -0.262. The Balaban J connectivity index is 2.44. The van der Waals surface area contributed by atoms with E-state index in [1.165, 1.54) is 12.1 Å². The first-order chi connectivity index (χ1) is 7.02. The van der Waals surface area contributed by atoms with E-state index in [-0.39, 0.29) is 17.3 Å². The molecule has 1 unspecified atom stereocenters. The summed E-state index contributed by atoms with van der Waals surface area (Å²) in [6.45, 7) is 4.58. The normalized spacial score (nSPS) is 23.1. The maximum absolute atomic E-state index is 13.1. The predicted molar refractivity (Wildman–Crippen MR) is 57.5 cm³/mol. The molecule has 2 rings (SSSR count). The molecule has 1 atom stereocenters. The first-order valence-corrected chi connectivity index (χ1v) is 5.20. The molecule has 1 aromatic carbocycles. The van der Waals surface area contributed by atoms with Gasteiger partial charge in [-0.1, -0.05) is 6.07 Å². The molecule has 0 bridgehead atoms. The predicted octanol–water partition coefficient (Wildman–Crippen LogP) is 2.43. The Labute approximate surface area is 89.2 Å². The zero-order valence-corrected chi connectivity index (χ0v) is 9.09. The third-order valence-electron chi connectivity index (χ3n) is 2.82. The second-order valence-corrected chi connectivity index (χ2v) is 4.68. The molecule has 82 valence electrons. The topological polar surface area (TPSA) is 35.2 Å². The van der Waals surface area contributed by atoms with Crippen LogP contribution in [0.25, 0.3) is 0 Å². The van der Waals surface area contributed by atoms with Gasteiger partial charge in [0.2, 0.25) is 0 Å². The lowest BCUT2D eigenvalue weighted by Crippen LogP contribution is -2.37. The molecule has 1 aromatic rings. The Kier molecular flexibility index (Phi) is 2.43. The Morgan fingerprint density at radius 2 is 2.27 bits per heavy atom. The summed E-state index contributed by atoms with van der Waals surface area (Å²) in [6.07, 6.45) is 0.877. The maximum Gasteiger partial charge on any atom is 0.126 e. The standard InChI is InChI=1S/C12H16FNO/c1-12(2)6-8(7-14)10-4-3-9(13)5-11(10)15-12/h3-5,8H,6-7,14H2,1-2H3. The fourth-order valence-corrected chi connectivity index (χ4v) is 2.19. The molecular formula is C12H16FNO. The van der Waals surface area contributed by atoms with E-state index in [0.29, 0.717) is 12.3 Å². The van der Waals surface area contributed by atoms with E-state index in [2.05, 4.69) is 0 Å². The smallest absolute Gasteiger partial charge is 0.126 e. The van der Waals surface area contributed by atoms with Crippen molar-refractivity contribution >= 4 is 0 Å². The zero-order chi connectivity index (χ0) is 11.1. The lowest BCUT2D eigenvalue weighted by molar-refractivity contribution is 0.0726. The second kappa shape index (κ2) is 3.49. The van der Waals surface area contributed by atoms with Crippen LogP contribution in [0.3, 0.4) is 0 Å². The van der Waals surface area contributed by atoms with Crippen LogP contribution >= 0.6 is 0 Å². The van der Waals surface area contributed by atoms with Crippen LogP contribution in [0.1, 0.15) is 31.7 Å². The summed E-state index contributed by atoms with van der Waals surface area (Å²) in [5.74, 6) is 0.647. The van der Waals surface area contributed by atoms with Crippen molar-refractivity contribution in [1.82, 2.24) is 0 Å². The van der Waals surface area contributed by atoms with Gasteiger partial charge in [0.1, 0.15) is 17.2 Å². The lowest BCUT2D eigenvalue weighted by atomic mass is 9.84. The molecule has 15 heavy (non-hydrogen) atoms. The molecule has 0 fully saturated rings. The van der Waals surface area contributed by atoms with Crippen molar-refractivity contribution in [3.05, 3.63) is 29.6 Å². The summed E-state index contributed by atoms with van der Waals surface area (Å²) >= 11 is 0. The molecule has 0 saturated heterocycles. The lowest BCUT2D eigenvalue weighted by Gasteiger charge is -2.37. The van der Waals surface area contributed by atoms with Crippen LogP contribution in [0.15, 0.2) is 18.2 Å². The molecule has 1 aliphatic rings. The van der Waals surface area contributed by atoms with Gasteiger partial charge in [-0.15, -0.1) is 0 Å². The molecule has 1 aliphatic heterocycles. The van der Waals surface area contributed by atoms with E-state index < -0.39 is 0 Å². The average molecular weight is 209 g/mol. The number of ether oxygens (including phenoxy) is 1. The highest BCUT2D eigenvalue weighted by Crippen LogP contribution is 2.40. The Bertz CT molecular complexity index is 376. The van der Waals surface area contributed by atoms with Gasteiger partial charge in [0.25, 0.3) is 0 Å². The maximum atomic E-state index is 13.1. The first kappa shape index (κ1) is 10.4. The summed E-state index contributed by atoms with van der Waals surface area (Å²) < 4.78 is 18.8. The molecule has 0 spiro atoms. The monoisotopic (exact) mass is 209 g/mol. The fraction of sp³-hybridized carbons (Fsp3) is 0.500. The summed E-state index contributed by atoms with van der Waals surface area (Å²) in [5, 5.41) is 0. The van der Waals surface area contributed by atoms with E-state index in [9.17, 15) is 4.39 Å². The molecule has 2 N–H and O–H groups in total. The van der Waals surface area contributed by atoms with Crippen molar-refractivity contribution in [2.45, 2.75) is 31.8 Å². The minimum absolute atomic E-state index is 0.259. The first-order valence-electron chi connectivity index (χ1n) is 5.20. The second-order valence-electron chi connectivity index (χ2n) is 4.68.